The highest BCUT2D eigenvalue weighted by molar-refractivity contribution is 14.0. The number of amides is 1. The van der Waals surface area contributed by atoms with Gasteiger partial charge in [-0.15, -0.1) is 24.0 Å². The number of methoxy groups -OCH3 is 1. The van der Waals surface area contributed by atoms with Crippen LogP contribution in [-0.2, 0) is 9.53 Å². The van der Waals surface area contributed by atoms with Crippen molar-refractivity contribution in [3.8, 4) is 0 Å². The summed E-state index contributed by atoms with van der Waals surface area (Å²) in [6.07, 6.45) is 1.28. The lowest BCUT2D eigenvalue weighted by Gasteiger charge is -2.13. The summed E-state index contributed by atoms with van der Waals surface area (Å²) < 4.78 is 4.97. The SMILES string of the molecule is CCC(C)NC(=O)CCN=C(N)NC(C)COC.I. The molecule has 0 heterocycles. The molecule has 0 aromatic rings. The Morgan fingerprint density at radius 2 is 1.95 bits per heavy atom. The van der Waals surface area contributed by atoms with E-state index in [1.165, 1.54) is 0 Å². The maximum absolute atomic E-state index is 11.5. The zero-order chi connectivity index (χ0) is 14.0. The maximum Gasteiger partial charge on any atom is 0.222 e. The number of nitrogens with one attached hydrogen (secondary N) is 2. The minimum Gasteiger partial charge on any atom is -0.383 e. The number of rotatable bonds is 8. The monoisotopic (exact) mass is 386 g/mol. The highest BCUT2D eigenvalue weighted by Gasteiger charge is 2.05. The van der Waals surface area contributed by atoms with Gasteiger partial charge in [-0.25, -0.2) is 0 Å². The van der Waals surface area contributed by atoms with E-state index in [2.05, 4.69) is 15.6 Å². The summed E-state index contributed by atoms with van der Waals surface area (Å²) >= 11 is 0. The number of aliphatic imine (C=N–C) groups is 1. The lowest BCUT2D eigenvalue weighted by atomic mass is 10.2. The Kier molecular flexibility index (Phi) is 13.6. The van der Waals surface area contributed by atoms with Gasteiger partial charge in [-0.3, -0.25) is 9.79 Å². The van der Waals surface area contributed by atoms with Crippen molar-refractivity contribution in [1.82, 2.24) is 10.6 Å². The van der Waals surface area contributed by atoms with Gasteiger partial charge in [-0.05, 0) is 20.3 Å². The second-order valence-corrected chi connectivity index (χ2v) is 4.39. The number of hydrogen-bond acceptors (Lipinski definition) is 3. The summed E-state index contributed by atoms with van der Waals surface area (Å²) in [5.74, 6) is 0.349. The van der Waals surface area contributed by atoms with E-state index < -0.39 is 0 Å². The minimum atomic E-state index is 0. The molecule has 4 N–H and O–H groups in total. The average Bonchev–Trinajstić information content (AvgIpc) is 2.28. The van der Waals surface area contributed by atoms with Gasteiger partial charge in [-0.1, -0.05) is 6.92 Å². The van der Waals surface area contributed by atoms with Crippen molar-refractivity contribution < 1.29 is 9.53 Å². The Hall–Kier alpha value is -0.570. The van der Waals surface area contributed by atoms with Crippen LogP contribution in [0.4, 0.5) is 0 Å². The van der Waals surface area contributed by atoms with Gasteiger partial charge in [0.15, 0.2) is 5.96 Å². The third-order valence-corrected chi connectivity index (χ3v) is 2.45. The van der Waals surface area contributed by atoms with Crippen molar-refractivity contribution in [1.29, 1.82) is 0 Å². The Bertz CT molecular complexity index is 274. The topological polar surface area (TPSA) is 88.7 Å². The number of hydrogen-bond donors (Lipinski definition) is 3. The second kappa shape index (κ2) is 12.5. The van der Waals surface area contributed by atoms with Crippen LogP contribution in [0.1, 0.15) is 33.6 Å². The van der Waals surface area contributed by atoms with Crippen molar-refractivity contribution in [2.45, 2.75) is 45.7 Å². The van der Waals surface area contributed by atoms with E-state index in [0.717, 1.165) is 6.42 Å². The number of nitrogens with two attached hydrogens (primary N) is 1. The Balaban J connectivity index is 0. The Morgan fingerprint density at radius 3 is 2.47 bits per heavy atom. The largest absolute Gasteiger partial charge is 0.383 e. The molecule has 0 aliphatic heterocycles. The normalized spacial score (nSPS) is 14.2. The molecule has 19 heavy (non-hydrogen) atoms. The van der Waals surface area contributed by atoms with Crippen LogP contribution in [0.2, 0.25) is 0 Å². The van der Waals surface area contributed by atoms with Crippen molar-refractivity contribution in [3.63, 3.8) is 0 Å². The van der Waals surface area contributed by atoms with Crippen molar-refractivity contribution in [3.05, 3.63) is 0 Å². The van der Waals surface area contributed by atoms with E-state index in [4.69, 9.17) is 10.5 Å². The van der Waals surface area contributed by atoms with Crippen LogP contribution < -0.4 is 16.4 Å². The predicted molar refractivity (Wildman–Crippen MR) is 88.9 cm³/mol. The lowest BCUT2D eigenvalue weighted by Crippen LogP contribution is -2.41. The molecule has 0 rings (SSSR count). The lowest BCUT2D eigenvalue weighted by molar-refractivity contribution is -0.121. The summed E-state index contributed by atoms with van der Waals surface area (Å²) in [6.45, 7) is 6.90. The molecule has 0 aromatic carbocycles. The number of carbonyl (C=O) groups excluding carboxylic acids is 1. The van der Waals surface area contributed by atoms with Crippen LogP contribution >= 0.6 is 24.0 Å². The maximum atomic E-state index is 11.5. The van der Waals surface area contributed by atoms with E-state index >= 15 is 0 Å². The van der Waals surface area contributed by atoms with Gasteiger partial charge >= 0.3 is 0 Å². The first-order chi connectivity index (χ1) is 8.49. The molecule has 0 saturated carbocycles. The third kappa shape index (κ3) is 12.2. The molecule has 0 spiro atoms. The molecular formula is C12H27IN4O2. The molecule has 0 aromatic heterocycles. The molecule has 0 bridgehead atoms. The quantitative estimate of drug-likeness (QED) is 0.328. The third-order valence-electron chi connectivity index (χ3n) is 2.45. The molecule has 0 radical (unpaired) electrons. The first kappa shape index (κ1) is 20.7. The predicted octanol–water partition coefficient (Wildman–Crippen LogP) is 0.848. The molecule has 0 fully saturated rings. The van der Waals surface area contributed by atoms with Crippen LogP contribution in [0.5, 0.6) is 0 Å². The van der Waals surface area contributed by atoms with Gasteiger partial charge in [0.2, 0.25) is 5.91 Å². The van der Waals surface area contributed by atoms with Crippen LogP contribution in [-0.4, -0.2) is 44.2 Å². The summed E-state index contributed by atoms with van der Waals surface area (Å²) in [6, 6.07) is 0.311. The van der Waals surface area contributed by atoms with Gasteiger partial charge in [0.25, 0.3) is 0 Å². The van der Waals surface area contributed by atoms with Gasteiger partial charge in [-0.2, -0.15) is 0 Å². The molecule has 114 valence electrons. The van der Waals surface area contributed by atoms with E-state index in [9.17, 15) is 4.79 Å². The van der Waals surface area contributed by atoms with Gasteiger partial charge in [0.05, 0.1) is 13.2 Å². The van der Waals surface area contributed by atoms with E-state index in [-0.39, 0.29) is 42.0 Å². The van der Waals surface area contributed by atoms with Crippen LogP contribution in [0.25, 0.3) is 0 Å². The molecule has 0 aliphatic rings. The van der Waals surface area contributed by atoms with E-state index in [1.807, 2.05) is 20.8 Å². The highest BCUT2D eigenvalue weighted by Crippen LogP contribution is 1.90. The number of halogens is 1. The smallest absolute Gasteiger partial charge is 0.222 e. The first-order valence-corrected chi connectivity index (χ1v) is 6.34. The Morgan fingerprint density at radius 1 is 1.32 bits per heavy atom. The first-order valence-electron chi connectivity index (χ1n) is 6.34. The average molecular weight is 386 g/mol. The zero-order valence-electron chi connectivity index (χ0n) is 12.2. The molecule has 0 aliphatic carbocycles. The van der Waals surface area contributed by atoms with Crippen molar-refractivity contribution in [2.75, 3.05) is 20.3 Å². The van der Waals surface area contributed by atoms with Crippen LogP contribution in [0.15, 0.2) is 4.99 Å². The standard InChI is InChI=1S/C12H26N4O2.HI/c1-5-9(2)15-11(17)6-7-14-12(13)16-10(3)8-18-4;/h9-10H,5-8H2,1-4H3,(H,15,17)(H3,13,14,16);1H. The summed E-state index contributed by atoms with van der Waals surface area (Å²) in [5, 5.41) is 5.85. The van der Waals surface area contributed by atoms with Crippen molar-refractivity contribution in [2.24, 2.45) is 10.7 Å². The molecule has 7 heteroatoms. The molecular weight excluding hydrogens is 359 g/mol. The number of nitrogens with zero attached hydrogens (tertiary/aromatic N) is 1. The minimum absolute atomic E-state index is 0. The van der Waals surface area contributed by atoms with E-state index in [1.54, 1.807) is 7.11 Å². The zero-order valence-corrected chi connectivity index (χ0v) is 14.6. The summed E-state index contributed by atoms with van der Waals surface area (Å²) in [4.78, 5) is 15.5. The fraction of sp³-hybridized carbons (Fsp3) is 0.833. The fourth-order valence-corrected chi connectivity index (χ4v) is 1.32. The van der Waals surface area contributed by atoms with E-state index in [0.29, 0.717) is 25.5 Å². The molecule has 2 unspecified atom stereocenters. The number of ether oxygens (including phenoxy) is 1. The Labute approximate surface area is 133 Å². The summed E-state index contributed by atoms with van der Waals surface area (Å²) in [7, 11) is 1.63. The van der Waals surface area contributed by atoms with Crippen LogP contribution in [0, 0.1) is 0 Å². The van der Waals surface area contributed by atoms with Gasteiger partial charge in [0, 0.05) is 25.6 Å². The molecule has 0 saturated heterocycles. The van der Waals surface area contributed by atoms with Gasteiger partial charge < -0.3 is 21.1 Å². The second-order valence-electron chi connectivity index (χ2n) is 4.39. The fourth-order valence-electron chi connectivity index (χ4n) is 1.32. The van der Waals surface area contributed by atoms with Crippen molar-refractivity contribution >= 4 is 35.8 Å². The summed E-state index contributed by atoms with van der Waals surface area (Å²) in [5.41, 5.74) is 5.67. The molecule has 6 nitrogen and oxygen atoms in total. The number of carbonyl (C=O) groups is 1. The number of guanidine groups is 1. The molecule has 1 amide bonds. The van der Waals surface area contributed by atoms with Gasteiger partial charge in [0.1, 0.15) is 0 Å². The highest BCUT2D eigenvalue weighted by atomic mass is 127. The van der Waals surface area contributed by atoms with Crippen LogP contribution in [0.3, 0.4) is 0 Å². The molecule has 2 atom stereocenters.